The predicted molar refractivity (Wildman–Crippen MR) is 106 cm³/mol. The van der Waals surface area contributed by atoms with Crippen molar-refractivity contribution in [3.63, 3.8) is 0 Å². The average Bonchev–Trinajstić information content (AvgIpc) is 3.17. The van der Waals surface area contributed by atoms with Crippen LogP contribution in [-0.4, -0.2) is 53.2 Å². The number of carboxylic acid groups (broad SMARTS) is 1. The van der Waals surface area contributed by atoms with Crippen LogP contribution >= 0.6 is 11.8 Å². The molecule has 0 aromatic heterocycles. The van der Waals surface area contributed by atoms with E-state index in [-0.39, 0.29) is 30.8 Å². The van der Waals surface area contributed by atoms with E-state index >= 15 is 0 Å². The number of anilines is 1. The zero-order valence-corrected chi connectivity index (χ0v) is 16.0. The van der Waals surface area contributed by atoms with Gasteiger partial charge in [-0.1, -0.05) is 42.5 Å². The fourth-order valence-corrected chi connectivity index (χ4v) is 4.79. The Kier molecular flexibility index (Phi) is 5.09. The van der Waals surface area contributed by atoms with E-state index in [1.54, 1.807) is 4.90 Å². The van der Waals surface area contributed by atoms with Crippen molar-refractivity contribution in [3.05, 3.63) is 60.2 Å². The largest absolute Gasteiger partial charge is 0.481 e. The Morgan fingerprint density at radius 1 is 1.04 bits per heavy atom. The Hall–Kier alpha value is -2.80. The number of thioether (sulfide) groups is 1. The summed E-state index contributed by atoms with van der Waals surface area (Å²) in [5.41, 5.74) is 1.66. The number of carbonyl (C=O) groups is 3. The minimum atomic E-state index is -0.903. The molecule has 0 spiro atoms. The number of likely N-dealkylation sites (tertiary alicyclic amines) is 1. The number of benzene rings is 2. The van der Waals surface area contributed by atoms with E-state index in [4.69, 9.17) is 0 Å². The zero-order valence-electron chi connectivity index (χ0n) is 15.2. The van der Waals surface area contributed by atoms with Crippen LogP contribution in [0.2, 0.25) is 0 Å². The molecule has 7 heteroatoms. The van der Waals surface area contributed by atoms with Gasteiger partial charge in [-0.25, -0.2) is 0 Å². The summed E-state index contributed by atoms with van der Waals surface area (Å²) in [6.07, 6.45) is 0. The van der Waals surface area contributed by atoms with Gasteiger partial charge in [0.15, 0.2) is 0 Å². The van der Waals surface area contributed by atoms with Gasteiger partial charge in [0.2, 0.25) is 11.8 Å². The van der Waals surface area contributed by atoms with Crippen LogP contribution in [0.25, 0.3) is 0 Å². The van der Waals surface area contributed by atoms with E-state index in [1.807, 2.05) is 54.6 Å². The first kappa shape index (κ1) is 18.6. The first-order valence-electron chi connectivity index (χ1n) is 9.12. The predicted octanol–water partition coefficient (Wildman–Crippen LogP) is 2.45. The minimum Gasteiger partial charge on any atom is -0.481 e. The van der Waals surface area contributed by atoms with Gasteiger partial charge in [-0.3, -0.25) is 14.4 Å². The van der Waals surface area contributed by atoms with Gasteiger partial charge in [0.25, 0.3) is 0 Å². The number of rotatable bonds is 4. The number of aliphatic carboxylic acids is 1. The van der Waals surface area contributed by atoms with Gasteiger partial charge >= 0.3 is 5.97 Å². The Bertz CT molecular complexity index is 918. The standard InChI is InChI=1S/C21H20N2O4S/c24-19(12-23-17-8-4-5-9-18(17)28-13-20(23)25)22-10-15(16(11-22)21(26)27)14-6-2-1-3-7-14/h1-9,15-16H,10-13H2,(H,26,27). The van der Waals surface area contributed by atoms with Crippen molar-refractivity contribution in [3.8, 4) is 0 Å². The lowest BCUT2D eigenvalue weighted by Gasteiger charge is -2.30. The first-order chi connectivity index (χ1) is 13.5. The van der Waals surface area contributed by atoms with E-state index in [9.17, 15) is 19.5 Å². The van der Waals surface area contributed by atoms with Gasteiger partial charge in [-0.05, 0) is 17.7 Å². The molecule has 4 rings (SSSR count). The van der Waals surface area contributed by atoms with Gasteiger partial charge in [0, 0.05) is 23.9 Å². The molecule has 0 aliphatic carbocycles. The van der Waals surface area contributed by atoms with Crippen LogP contribution in [0.1, 0.15) is 11.5 Å². The Labute approximate surface area is 167 Å². The van der Waals surface area contributed by atoms with Crippen LogP contribution in [0.15, 0.2) is 59.5 Å². The second-order valence-electron chi connectivity index (χ2n) is 7.00. The average molecular weight is 396 g/mol. The Morgan fingerprint density at radius 2 is 1.75 bits per heavy atom. The lowest BCUT2D eigenvalue weighted by atomic mass is 9.89. The number of para-hydroxylation sites is 1. The molecule has 1 saturated heterocycles. The number of carboxylic acids is 1. The summed E-state index contributed by atoms with van der Waals surface area (Å²) < 4.78 is 0. The van der Waals surface area contributed by atoms with Crippen LogP contribution in [0, 0.1) is 5.92 Å². The van der Waals surface area contributed by atoms with Crippen molar-refractivity contribution in [2.24, 2.45) is 5.92 Å². The molecule has 2 atom stereocenters. The van der Waals surface area contributed by atoms with E-state index in [2.05, 4.69) is 0 Å². The highest BCUT2D eigenvalue weighted by molar-refractivity contribution is 8.00. The number of fused-ring (bicyclic) bond motifs is 1. The summed E-state index contributed by atoms with van der Waals surface area (Å²) in [5.74, 6) is -1.83. The van der Waals surface area contributed by atoms with Crippen LogP contribution < -0.4 is 4.90 Å². The van der Waals surface area contributed by atoms with Crippen molar-refractivity contribution < 1.29 is 19.5 Å². The van der Waals surface area contributed by atoms with Crippen molar-refractivity contribution in [2.45, 2.75) is 10.8 Å². The molecule has 28 heavy (non-hydrogen) atoms. The fourth-order valence-electron chi connectivity index (χ4n) is 3.86. The number of hydrogen-bond donors (Lipinski definition) is 1. The van der Waals surface area contributed by atoms with E-state index in [0.717, 1.165) is 16.1 Å². The normalized spacial score (nSPS) is 21.5. The topological polar surface area (TPSA) is 77.9 Å². The number of amides is 2. The van der Waals surface area contributed by atoms with Crippen molar-refractivity contribution in [1.82, 2.24) is 4.90 Å². The van der Waals surface area contributed by atoms with Gasteiger partial charge in [-0.2, -0.15) is 0 Å². The van der Waals surface area contributed by atoms with Crippen molar-refractivity contribution >= 4 is 35.2 Å². The Morgan fingerprint density at radius 3 is 2.50 bits per heavy atom. The summed E-state index contributed by atoms with van der Waals surface area (Å²) in [4.78, 5) is 41.2. The molecule has 1 N–H and O–H groups in total. The summed E-state index contributed by atoms with van der Waals surface area (Å²) >= 11 is 1.47. The van der Waals surface area contributed by atoms with Crippen molar-refractivity contribution in [2.75, 3.05) is 30.3 Å². The molecule has 2 aliphatic heterocycles. The lowest BCUT2D eigenvalue weighted by Crippen LogP contribution is -2.44. The molecule has 2 unspecified atom stereocenters. The minimum absolute atomic E-state index is 0.0652. The third-order valence-electron chi connectivity index (χ3n) is 5.32. The quantitative estimate of drug-likeness (QED) is 0.859. The second-order valence-corrected chi connectivity index (χ2v) is 8.01. The Balaban J connectivity index is 1.53. The SMILES string of the molecule is O=C(O)C1CN(C(=O)CN2C(=O)CSc3ccccc32)CC1c1ccccc1. The number of carbonyl (C=O) groups excluding carboxylic acids is 2. The van der Waals surface area contributed by atoms with Crippen LogP contribution in [0.4, 0.5) is 5.69 Å². The summed E-state index contributed by atoms with van der Waals surface area (Å²) in [6.45, 7) is 0.439. The molecule has 2 heterocycles. The van der Waals surface area contributed by atoms with Gasteiger partial charge < -0.3 is 14.9 Å². The molecule has 6 nitrogen and oxygen atoms in total. The van der Waals surface area contributed by atoms with E-state index in [0.29, 0.717) is 12.3 Å². The third-order valence-corrected chi connectivity index (χ3v) is 6.37. The van der Waals surface area contributed by atoms with E-state index in [1.165, 1.54) is 16.7 Å². The third kappa shape index (κ3) is 3.49. The highest BCUT2D eigenvalue weighted by Gasteiger charge is 2.41. The fraction of sp³-hybridized carbons (Fsp3) is 0.286. The van der Waals surface area contributed by atoms with Gasteiger partial charge in [0.05, 0.1) is 17.4 Å². The smallest absolute Gasteiger partial charge is 0.308 e. The maximum atomic E-state index is 12.9. The second kappa shape index (κ2) is 7.67. The highest BCUT2D eigenvalue weighted by Crippen LogP contribution is 2.36. The summed E-state index contributed by atoms with van der Waals surface area (Å²) in [6, 6.07) is 17.0. The molecule has 2 aromatic rings. The molecular weight excluding hydrogens is 376 g/mol. The van der Waals surface area contributed by atoms with Crippen molar-refractivity contribution in [1.29, 1.82) is 0 Å². The molecule has 0 radical (unpaired) electrons. The van der Waals surface area contributed by atoms with Gasteiger partial charge in [0.1, 0.15) is 6.54 Å². The maximum absolute atomic E-state index is 12.9. The van der Waals surface area contributed by atoms with Crippen LogP contribution in [0.3, 0.4) is 0 Å². The first-order valence-corrected chi connectivity index (χ1v) is 10.1. The highest BCUT2D eigenvalue weighted by atomic mass is 32.2. The lowest BCUT2D eigenvalue weighted by molar-refractivity contribution is -0.142. The summed E-state index contributed by atoms with van der Waals surface area (Å²) in [5, 5.41) is 9.63. The van der Waals surface area contributed by atoms with Gasteiger partial charge in [-0.15, -0.1) is 11.8 Å². The molecule has 2 aliphatic rings. The van der Waals surface area contributed by atoms with Crippen LogP contribution in [0.5, 0.6) is 0 Å². The zero-order chi connectivity index (χ0) is 19.7. The summed E-state index contributed by atoms with van der Waals surface area (Å²) in [7, 11) is 0. The molecule has 144 valence electrons. The van der Waals surface area contributed by atoms with Crippen LogP contribution in [-0.2, 0) is 14.4 Å². The maximum Gasteiger partial charge on any atom is 0.308 e. The molecular formula is C21H20N2O4S. The molecule has 2 aromatic carbocycles. The number of hydrogen-bond acceptors (Lipinski definition) is 4. The monoisotopic (exact) mass is 396 g/mol. The molecule has 2 amide bonds. The van der Waals surface area contributed by atoms with E-state index < -0.39 is 11.9 Å². The molecule has 0 bridgehead atoms. The molecule has 1 fully saturated rings. The molecule has 0 saturated carbocycles. The number of nitrogens with zero attached hydrogens (tertiary/aromatic N) is 2.